The first-order valence-electron chi connectivity index (χ1n) is 7.57. The second-order valence-electron chi connectivity index (χ2n) is 5.71. The quantitative estimate of drug-likeness (QED) is 0.724. The largest absolute Gasteiger partial charge is 0.491 e. The maximum absolute atomic E-state index is 12.0. The summed E-state index contributed by atoms with van der Waals surface area (Å²) in [5, 5.41) is 14.5. The number of hydrogen-bond acceptors (Lipinski definition) is 4. The van der Waals surface area contributed by atoms with Crippen molar-refractivity contribution < 1.29 is 9.84 Å². The molecule has 24 heavy (non-hydrogen) atoms. The molecule has 126 valence electrons. The Kier molecular flexibility index (Phi) is 4.73. The summed E-state index contributed by atoms with van der Waals surface area (Å²) in [5.74, 6) is 0.686. The zero-order valence-corrected chi connectivity index (χ0v) is 15.0. The molecule has 0 amide bonds. The molecular weight excluding hydrogens is 374 g/mol. The predicted molar refractivity (Wildman–Crippen MR) is 94.6 cm³/mol. The number of aliphatic hydroxyl groups excluding tert-OH is 1. The van der Waals surface area contributed by atoms with Crippen molar-refractivity contribution >= 4 is 21.6 Å². The van der Waals surface area contributed by atoms with Crippen LogP contribution in [0.5, 0.6) is 5.75 Å². The van der Waals surface area contributed by atoms with Crippen LogP contribution in [0, 0.1) is 13.8 Å². The average molecular weight is 392 g/mol. The van der Waals surface area contributed by atoms with Crippen LogP contribution in [-0.4, -0.2) is 32.0 Å². The van der Waals surface area contributed by atoms with E-state index in [2.05, 4.69) is 21.0 Å². The van der Waals surface area contributed by atoms with Crippen LogP contribution in [-0.2, 0) is 6.54 Å². The van der Waals surface area contributed by atoms with Crippen LogP contribution in [0.1, 0.15) is 11.4 Å². The van der Waals surface area contributed by atoms with Crippen molar-refractivity contribution in [2.75, 3.05) is 6.61 Å². The van der Waals surface area contributed by atoms with Crippen LogP contribution >= 0.6 is 15.9 Å². The molecule has 1 atom stereocenters. The summed E-state index contributed by atoms with van der Waals surface area (Å²) in [6.07, 6.45) is -0.718. The second kappa shape index (κ2) is 6.78. The fraction of sp³-hybridized carbons (Fsp3) is 0.294. The minimum absolute atomic E-state index is 0.154. The van der Waals surface area contributed by atoms with E-state index in [0.29, 0.717) is 17.9 Å². The molecule has 1 unspecified atom stereocenters. The lowest BCUT2D eigenvalue weighted by Gasteiger charge is -2.17. The molecule has 0 saturated carbocycles. The van der Waals surface area contributed by atoms with Crippen LogP contribution in [0.4, 0.5) is 0 Å². The lowest BCUT2D eigenvalue weighted by Crippen LogP contribution is -2.27. The number of aryl methyl sites for hydroxylation is 2. The van der Waals surface area contributed by atoms with Crippen molar-refractivity contribution in [1.82, 2.24) is 14.2 Å². The molecule has 0 aliphatic rings. The van der Waals surface area contributed by atoms with Gasteiger partial charge >= 0.3 is 0 Å². The van der Waals surface area contributed by atoms with Gasteiger partial charge in [-0.1, -0.05) is 22.0 Å². The van der Waals surface area contributed by atoms with E-state index >= 15 is 0 Å². The Morgan fingerprint density at radius 2 is 2.08 bits per heavy atom. The summed E-state index contributed by atoms with van der Waals surface area (Å²) < 4.78 is 9.77. The summed E-state index contributed by atoms with van der Waals surface area (Å²) in [4.78, 5) is 12.0. The van der Waals surface area contributed by atoms with Crippen LogP contribution in [0.2, 0.25) is 0 Å². The third-order valence-corrected chi connectivity index (χ3v) is 4.18. The number of halogens is 1. The van der Waals surface area contributed by atoms with Crippen molar-refractivity contribution in [2.45, 2.75) is 26.5 Å². The summed E-state index contributed by atoms with van der Waals surface area (Å²) >= 11 is 3.38. The summed E-state index contributed by atoms with van der Waals surface area (Å²) in [6, 6.07) is 10.8. The molecule has 3 rings (SSSR count). The first-order chi connectivity index (χ1) is 11.4. The Bertz CT molecular complexity index is 932. The van der Waals surface area contributed by atoms with Crippen molar-refractivity contribution in [3.63, 3.8) is 0 Å². The first kappa shape index (κ1) is 16.7. The molecule has 2 heterocycles. The lowest BCUT2D eigenvalue weighted by atomic mass is 10.3. The molecule has 1 aromatic carbocycles. The van der Waals surface area contributed by atoms with Gasteiger partial charge in [0.15, 0.2) is 0 Å². The third kappa shape index (κ3) is 3.52. The van der Waals surface area contributed by atoms with Gasteiger partial charge in [0.2, 0.25) is 0 Å². The van der Waals surface area contributed by atoms with E-state index in [1.807, 2.05) is 48.7 Å². The third-order valence-electron chi connectivity index (χ3n) is 3.69. The highest BCUT2D eigenvalue weighted by atomic mass is 79.9. The van der Waals surface area contributed by atoms with E-state index < -0.39 is 6.10 Å². The lowest BCUT2D eigenvalue weighted by molar-refractivity contribution is 0.0926. The van der Waals surface area contributed by atoms with E-state index in [4.69, 9.17) is 4.74 Å². The van der Waals surface area contributed by atoms with E-state index in [-0.39, 0.29) is 12.2 Å². The van der Waals surface area contributed by atoms with E-state index in [1.54, 1.807) is 0 Å². The number of aliphatic hydroxyl groups is 1. The van der Waals surface area contributed by atoms with Gasteiger partial charge in [0.05, 0.1) is 12.2 Å². The molecular formula is C17H18BrN3O3. The average Bonchev–Trinajstić information content (AvgIpc) is 2.92. The van der Waals surface area contributed by atoms with Gasteiger partial charge in [0.25, 0.3) is 5.56 Å². The van der Waals surface area contributed by atoms with Crippen LogP contribution < -0.4 is 10.3 Å². The molecule has 3 aromatic rings. The Hall–Kier alpha value is -2.12. The number of hydrogen-bond donors (Lipinski definition) is 1. The van der Waals surface area contributed by atoms with Crippen LogP contribution in [0.3, 0.4) is 0 Å². The molecule has 0 radical (unpaired) electrons. The smallest absolute Gasteiger partial charge is 0.274 e. The fourth-order valence-electron chi connectivity index (χ4n) is 2.59. The normalized spacial score (nSPS) is 12.5. The minimum atomic E-state index is -0.718. The molecule has 0 fully saturated rings. The molecule has 6 nitrogen and oxygen atoms in total. The molecule has 0 saturated heterocycles. The number of rotatable bonds is 5. The van der Waals surface area contributed by atoms with Gasteiger partial charge in [0, 0.05) is 22.3 Å². The van der Waals surface area contributed by atoms with Crippen LogP contribution in [0.15, 0.2) is 45.7 Å². The van der Waals surface area contributed by atoms with Gasteiger partial charge < -0.3 is 14.4 Å². The Labute approximate surface area is 147 Å². The van der Waals surface area contributed by atoms with Gasteiger partial charge in [-0.3, -0.25) is 4.79 Å². The van der Waals surface area contributed by atoms with E-state index in [1.165, 1.54) is 10.6 Å². The highest BCUT2D eigenvalue weighted by Crippen LogP contribution is 2.18. The maximum Gasteiger partial charge on any atom is 0.274 e. The van der Waals surface area contributed by atoms with Gasteiger partial charge in [-0.25, -0.2) is 0 Å². The zero-order chi connectivity index (χ0) is 17.3. The number of aromatic nitrogens is 3. The van der Waals surface area contributed by atoms with Gasteiger partial charge in [-0.15, -0.1) is 0 Å². The highest BCUT2D eigenvalue weighted by molar-refractivity contribution is 9.10. The Morgan fingerprint density at radius 1 is 1.29 bits per heavy atom. The Balaban J connectivity index is 1.78. The second-order valence-corrected chi connectivity index (χ2v) is 6.63. The fourth-order valence-corrected chi connectivity index (χ4v) is 2.97. The molecule has 0 spiro atoms. The standard InChI is InChI=1S/C17H18BrN3O3/c1-11-6-16-20(12(2)7-17(23)21(16)19-11)9-14(22)10-24-15-5-3-4-13(18)8-15/h3-8,14,22H,9-10H2,1-2H3. The molecule has 0 bridgehead atoms. The molecule has 7 heteroatoms. The van der Waals surface area contributed by atoms with Crippen molar-refractivity contribution in [3.8, 4) is 5.75 Å². The van der Waals surface area contributed by atoms with Crippen molar-refractivity contribution in [2.24, 2.45) is 0 Å². The monoisotopic (exact) mass is 391 g/mol. The number of fused-ring (bicyclic) bond motifs is 1. The minimum Gasteiger partial charge on any atom is -0.491 e. The highest BCUT2D eigenvalue weighted by Gasteiger charge is 2.13. The summed E-state index contributed by atoms with van der Waals surface area (Å²) in [7, 11) is 0. The SMILES string of the molecule is Cc1cc2n(CC(O)COc3cccc(Br)c3)c(C)cc(=O)n2n1. The predicted octanol–water partition coefficient (Wildman–Crippen LogP) is 2.32. The van der Waals surface area contributed by atoms with Gasteiger partial charge in [-0.05, 0) is 32.0 Å². The van der Waals surface area contributed by atoms with Crippen molar-refractivity contribution in [3.05, 3.63) is 62.6 Å². The van der Waals surface area contributed by atoms with E-state index in [0.717, 1.165) is 15.9 Å². The van der Waals surface area contributed by atoms with Crippen molar-refractivity contribution in [1.29, 1.82) is 0 Å². The molecule has 2 aromatic heterocycles. The Morgan fingerprint density at radius 3 is 2.83 bits per heavy atom. The first-order valence-corrected chi connectivity index (χ1v) is 8.36. The number of benzene rings is 1. The maximum atomic E-state index is 12.0. The molecule has 0 aliphatic heterocycles. The number of ether oxygens (including phenoxy) is 1. The molecule has 0 aliphatic carbocycles. The summed E-state index contributed by atoms with van der Waals surface area (Å²) in [6.45, 7) is 4.14. The van der Waals surface area contributed by atoms with Gasteiger partial charge in [-0.2, -0.15) is 9.61 Å². The van der Waals surface area contributed by atoms with Gasteiger partial charge in [0.1, 0.15) is 24.1 Å². The topological polar surface area (TPSA) is 68.8 Å². The molecule has 1 N–H and O–H groups in total. The van der Waals surface area contributed by atoms with E-state index in [9.17, 15) is 9.90 Å². The zero-order valence-electron chi connectivity index (χ0n) is 13.4. The number of nitrogens with zero attached hydrogens (tertiary/aromatic N) is 3. The summed E-state index contributed by atoms with van der Waals surface area (Å²) in [5.41, 5.74) is 2.02. The van der Waals surface area contributed by atoms with Crippen LogP contribution in [0.25, 0.3) is 5.65 Å².